The molecule has 2 aromatic rings. The third kappa shape index (κ3) is 2.15. The van der Waals surface area contributed by atoms with E-state index in [1.54, 1.807) is 12.4 Å². The highest BCUT2D eigenvalue weighted by Gasteiger charge is 2.05. The lowest BCUT2D eigenvalue weighted by Gasteiger charge is -2.06. The molecule has 0 radical (unpaired) electrons. The smallest absolute Gasteiger partial charge is 0.152 e. The third-order valence-electron chi connectivity index (χ3n) is 2.03. The minimum Gasteiger partial charge on any atom is -0.371 e. The van der Waals surface area contributed by atoms with Gasteiger partial charge in [0.25, 0.3) is 0 Å². The van der Waals surface area contributed by atoms with Crippen LogP contribution in [0.4, 0.5) is 5.82 Å². The molecule has 3 nitrogen and oxygen atoms in total. The highest BCUT2D eigenvalue weighted by atomic mass is 79.9. The first-order chi connectivity index (χ1) is 7.31. The van der Waals surface area contributed by atoms with Gasteiger partial charge in [0.2, 0.25) is 0 Å². The standard InChI is InChI=1S/C11H10BrN3/c1-13-11-10(14-5-6-15-11)8-3-2-4-9(12)7-8/h2-7H,1H3,(H,13,15). The van der Waals surface area contributed by atoms with Gasteiger partial charge in [-0.2, -0.15) is 0 Å². The molecule has 76 valence electrons. The fraction of sp³-hybridized carbons (Fsp3) is 0.0909. The van der Waals surface area contributed by atoms with Crippen LogP contribution in [0.2, 0.25) is 0 Å². The molecule has 15 heavy (non-hydrogen) atoms. The van der Waals surface area contributed by atoms with E-state index in [1.165, 1.54) is 0 Å². The zero-order chi connectivity index (χ0) is 10.7. The van der Waals surface area contributed by atoms with E-state index in [1.807, 2.05) is 31.3 Å². The topological polar surface area (TPSA) is 37.8 Å². The Labute approximate surface area is 96.7 Å². The van der Waals surface area contributed by atoms with E-state index in [0.29, 0.717) is 0 Å². The summed E-state index contributed by atoms with van der Waals surface area (Å²) in [6.45, 7) is 0. The van der Waals surface area contributed by atoms with Gasteiger partial charge in [-0.3, -0.25) is 4.98 Å². The highest BCUT2D eigenvalue weighted by molar-refractivity contribution is 9.10. The molecular formula is C11H10BrN3. The Balaban J connectivity index is 2.53. The van der Waals surface area contributed by atoms with Gasteiger partial charge in [0, 0.05) is 29.5 Å². The molecule has 0 saturated heterocycles. The lowest BCUT2D eigenvalue weighted by atomic mass is 10.1. The Kier molecular flexibility index (Phi) is 2.97. The van der Waals surface area contributed by atoms with Gasteiger partial charge >= 0.3 is 0 Å². The summed E-state index contributed by atoms with van der Waals surface area (Å²) >= 11 is 3.44. The molecule has 0 aliphatic rings. The molecule has 0 aliphatic carbocycles. The summed E-state index contributed by atoms with van der Waals surface area (Å²) in [5.41, 5.74) is 1.91. The van der Waals surface area contributed by atoms with Gasteiger partial charge < -0.3 is 5.32 Å². The van der Waals surface area contributed by atoms with Crippen LogP contribution in [0.3, 0.4) is 0 Å². The monoisotopic (exact) mass is 263 g/mol. The molecule has 2 rings (SSSR count). The van der Waals surface area contributed by atoms with Crippen molar-refractivity contribution in [3.63, 3.8) is 0 Å². The molecule has 0 spiro atoms. The van der Waals surface area contributed by atoms with Crippen molar-refractivity contribution in [1.29, 1.82) is 0 Å². The van der Waals surface area contributed by atoms with Crippen molar-refractivity contribution in [3.05, 3.63) is 41.1 Å². The molecule has 0 fully saturated rings. The zero-order valence-electron chi connectivity index (χ0n) is 8.24. The summed E-state index contributed by atoms with van der Waals surface area (Å²) in [7, 11) is 1.84. The van der Waals surface area contributed by atoms with Gasteiger partial charge in [-0.1, -0.05) is 28.1 Å². The maximum absolute atomic E-state index is 4.32. The Morgan fingerprint density at radius 1 is 1.20 bits per heavy atom. The van der Waals surface area contributed by atoms with Gasteiger partial charge in [-0.15, -0.1) is 0 Å². The molecule has 0 saturated carbocycles. The van der Waals surface area contributed by atoms with Crippen LogP contribution in [0, 0.1) is 0 Å². The first-order valence-corrected chi connectivity index (χ1v) is 5.35. The lowest BCUT2D eigenvalue weighted by molar-refractivity contribution is 1.19. The fourth-order valence-electron chi connectivity index (χ4n) is 1.37. The molecule has 0 amide bonds. The van der Waals surface area contributed by atoms with Gasteiger partial charge in [0.15, 0.2) is 5.82 Å². The largest absolute Gasteiger partial charge is 0.371 e. The first-order valence-electron chi connectivity index (χ1n) is 4.56. The summed E-state index contributed by atoms with van der Waals surface area (Å²) < 4.78 is 1.03. The van der Waals surface area contributed by atoms with Crippen molar-refractivity contribution >= 4 is 21.7 Å². The van der Waals surface area contributed by atoms with Crippen molar-refractivity contribution in [3.8, 4) is 11.3 Å². The van der Waals surface area contributed by atoms with Crippen molar-refractivity contribution < 1.29 is 0 Å². The van der Waals surface area contributed by atoms with Crippen LogP contribution in [0.1, 0.15) is 0 Å². The molecule has 0 atom stereocenters. The third-order valence-corrected chi connectivity index (χ3v) is 2.53. The first kappa shape index (κ1) is 10.1. The average molecular weight is 264 g/mol. The van der Waals surface area contributed by atoms with Crippen LogP contribution >= 0.6 is 15.9 Å². The van der Waals surface area contributed by atoms with E-state index < -0.39 is 0 Å². The van der Waals surface area contributed by atoms with E-state index in [4.69, 9.17) is 0 Å². The molecule has 0 bridgehead atoms. The zero-order valence-corrected chi connectivity index (χ0v) is 9.82. The number of rotatable bonds is 2. The molecule has 1 N–H and O–H groups in total. The predicted molar refractivity (Wildman–Crippen MR) is 64.7 cm³/mol. The van der Waals surface area contributed by atoms with Crippen LogP contribution in [-0.2, 0) is 0 Å². The van der Waals surface area contributed by atoms with Crippen molar-refractivity contribution in [2.24, 2.45) is 0 Å². The second-order valence-corrected chi connectivity index (χ2v) is 3.93. The van der Waals surface area contributed by atoms with E-state index in [2.05, 4.69) is 31.2 Å². The van der Waals surface area contributed by atoms with Crippen LogP contribution in [0.25, 0.3) is 11.3 Å². The van der Waals surface area contributed by atoms with E-state index >= 15 is 0 Å². The quantitative estimate of drug-likeness (QED) is 0.906. The Morgan fingerprint density at radius 3 is 2.73 bits per heavy atom. The Bertz CT molecular complexity index is 471. The van der Waals surface area contributed by atoms with Crippen molar-refractivity contribution in [2.45, 2.75) is 0 Å². The number of anilines is 1. The number of hydrogen-bond donors (Lipinski definition) is 1. The normalized spacial score (nSPS) is 10.0. The second kappa shape index (κ2) is 4.40. The van der Waals surface area contributed by atoms with Crippen LogP contribution in [0.5, 0.6) is 0 Å². The molecule has 1 heterocycles. The summed E-state index contributed by atoms with van der Waals surface area (Å²) in [5.74, 6) is 0.788. The van der Waals surface area contributed by atoms with E-state index in [9.17, 15) is 0 Å². The SMILES string of the molecule is CNc1nccnc1-c1cccc(Br)c1. The van der Waals surface area contributed by atoms with Crippen LogP contribution < -0.4 is 5.32 Å². The number of halogens is 1. The van der Waals surface area contributed by atoms with Crippen molar-refractivity contribution in [1.82, 2.24) is 9.97 Å². The highest BCUT2D eigenvalue weighted by Crippen LogP contribution is 2.25. The summed E-state index contributed by atoms with van der Waals surface area (Å²) in [6.07, 6.45) is 3.37. The molecule has 1 aromatic heterocycles. The molecular weight excluding hydrogens is 254 g/mol. The maximum Gasteiger partial charge on any atom is 0.152 e. The minimum atomic E-state index is 0.788. The molecule has 1 aromatic carbocycles. The summed E-state index contributed by atoms with van der Waals surface area (Å²) in [6, 6.07) is 7.99. The second-order valence-electron chi connectivity index (χ2n) is 3.01. The lowest BCUT2D eigenvalue weighted by Crippen LogP contribution is -1.97. The summed E-state index contributed by atoms with van der Waals surface area (Å²) in [5, 5.41) is 3.02. The number of benzene rings is 1. The number of aromatic nitrogens is 2. The Morgan fingerprint density at radius 2 is 2.00 bits per heavy atom. The Hall–Kier alpha value is -1.42. The van der Waals surface area contributed by atoms with Gasteiger partial charge in [-0.25, -0.2) is 4.98 Å². The fourth-order valence-corrected chi connectivity index (χ4v) is 1.77. The van der Waals surface area contributed by atoms with E-state index in [0.717, 1.165) is 21.5 Å². The van der Waals surface area contributed by atoms with Gasteiger partial charge in [-0.05, 0) is 12.1 Å². The minimum absolute atomic E-state index is 0.788. The number of nitrogens with one attached hydrogen (secondary N) is 1. The molecule has 0 aliphatic heterocycles. The predicted octanol–water partition coefficient (Wildman–Crippen LogP) is 2.95. The number of hydrogen-bond acceptors (Lipinski definition) is 3. The van der Waals surface area contributed by atoms with Gasteiger partial charge in [0.05, 0.1) is 0 Å². The maximum atomic E-state index is 4.32. The van der Waals surface area contributed by atoms with Crippen molar-refractivity contribution in [2.75, 3.05) is 12.4 Å². The van der Waals surface area contributed by atoms with E-state index in [-0.39, 0.29) is 0 Å². The molecule has 4 heteroatoms. The van der Waals surface area contributed by atoms with Crippen LogP contribution in [0.15, 0.2) is 41.1 Å². The average Bonchev–Trinajstić information content (AvgIpc) is 2.29. The number of nitrogens with zero attached hydrogens (tertiary/aromatic N) is 2. The van der Waals surface area contributed by atoms with Gasteiger partial charge in [0.1, 0.15) is 5.69 Å². The van der Waals surface area contributed by atoms with Crippen LogP contribution in [-0.4, -0.2) is 17.0 Å². The molecule has 0 unspecified atom stereocenters. The summed E-state index contributed by atoms with van der Waals surface area (Å²) in [4.78, 5) is 8.53.